The topological polar surface area (TPSA) is 44.3 Å². The van der Waals surface area contributed by atoms with Crippen LogP contribution in [0.15, 0.2) is 91.3 Å². The Balaban J connectivity index is 1.49. The fourth-order valence-corrected chi connectivity index (χ4v) is 3.77. The van der Waals surface area contributed by atoms with Gasteiger partial charge in [0.1, 0.15) is 12.1 Å². The van der Waals surface area contributed by atoms with Crippen LogP contribution in [0.4, 0.5) is 17.2 Å². The van der Waals surface area contributed by atoms with Gasteiger partial charge in [-0.2, -0.15) is 0 Å². The average Bonchev–Trinajstić information content (AvgIpc) is 2.86. The number of benzene rings is 3. The van der Waals surface area contributed by atoms with Crippen LogP contribution in [0.1, 0.15) is 6.92 Å². The third-order valence-corrected chi connectivity index (χ3v) is 5.64. The Bertz CT molecular complexity index is 1160. The van der Waals surface area contributed by atoms with Crippen molar-refractivity contribution in [2.24, 2.45) is 0 Å². The van der Waals surface area contributed by atoms with Gasteiger partial charge in [-0.05, 0) is 62.5 Å². The molecule has 4 rings (SSSR count). The average molecular weight is 438 g/mol. The molecule has 1 aromatic heterocycles. The summed E-state index contributed by atoms with van der Waals surface area (Å²) in [6.07, 6.45) is 1.61. The molecule has 1 heterocycles. The minimum Gasteiger partial charge on any atom is -0.371 e. The van der Waals surface area contributed by atoms with Gasteiger partial charge in [-0.1, -0.05) is 48.5 Å². The second kappa shape index (κ2) is 10.7. The van der Waals surface area contributed by atoms with Crippen LogP contribution in [0.25, 0.3) is 22.4 Å². The first-order valence-corrected chi connectivity index (χ1v) is 11.4. The maximum absolute atomic E-state index is 4.51. The first-order chi connectivity index (χ1) is 16.1. The molecule has 168 valence electrons. The molecule has 5 nitrogen and oxygen atoms in total. The van der Waals surface area contributed by atoms with Crippen molar-refractivity contribution >= 4 is 17.2 Å². The molecule has 33 heavy (non-hydrogen) atoms. The molecule has 0 aliphatic heterocycles. The highest BCUT2D eigenvalue weighted by Crippen LogP contribution is 2.27. The molecule has 0 aliphatic rings. The maximum Gasteiger partial charge on any atom is 0.134 e. The summed E-state index contributed by atoms with van der Waals surface area (Å²) in [6.45, 7) is 5.21. The van der Waals surface area contributed by atoms with Crippen LogP contribution >= 0.6 is 0 Å². The van der Waals surface area contributed by atoms with Crippen LogP contribution in [0.2, 0.25) is 0 Å². The van der Waals surface area contributed by atoms with Crippen molar-refractivity contribution in [3.05, 3.63) is 91.3 Å². The van der Waals surface area contributed by atoms with E-state index in [0.717, 1.165) is 42.4 Å². The van der Waals surface area contributed by atoms with Crippen molar-refractivity contribution in [1.29, 1.82) is 0 Å². The van der Waals surface area contributed by atoms with Gasteiger partial charge in [-0.3, -0.25) is 0 Å². The normalized spacial score (nSPS) is 10.9. The number of anilines is 3. The summed E-state index contributed by atoms with van der Waals surface area (Å²) in [5, 5.41) is 3.42. The lowest BCUT2D eigenvalue weighted by Crippen LogP contribution is -2.31. The van der Waals surface area contributed by atoms with E-state index in [1.807, 2.05) is 12.1 Å². The Labute approximate surface area is 196 Å². The molecule has 0 atom stereocenters. The number of hydrogen-bond acceptors (Lipinski definition) is 5. The van der Waals surface area contributed by atoms with Crippen molar-refractivity contribution in [3.8, 4) is 22.4 Å². The van der Waals surface area contributed by atoms with Crippen LogP contribution in [0, 0.1) is 0 Å². The van der Waals surface area contributed by atoms with Gasteiger partial charge in [0, 0.05) is 42.6 Å². The molecule has 0 amide bonds. The zero-order chi connectivity index (χ0) is 23.0. The maximum atomic E-state index is 4.51. The lowest BCUT2D eigenvalue weighted by atomic mass is 10.0. The molecule has 5 heteroatoms. The summed E-state index contributed by atoms with van der Waals surface area (Å²) in [5.41, 5.74) is 6.56. The molecule has 0 unspecified atom stereocenters. The number of rotatable bonds is 9. The third-order valence-electron chi connectivity index (χ3n) is 5.64. The van der Waals surface area contributed by atoms with E-state index in [0.29, 0.717) is 0 Å². The van der Waals surface area contributed by atoms with Crippen LogP contribution in [-0.4, -0.2) is 48.6 Å². The van der Waals surface area contributed by atoms with E-state index in [1.165, 1.54) is 16.8 Å². The Morgan fingerprint density at radius 2 is 1.45 bits per heavy atom. The molecule has 1 N–H and O–H groups in total. The highest BCUT2D eigenvalue weighted by atomic mass is 15.2. The van der Waals surface area contributed by atoms with E-state index in [9.17, 15) is 0 Å². The summed E-state index contributed by atoms with van der Waals surface area (Å²) in [7, 11) is 4.21. The predicted octanol–water partition coefficient (Wildman–Crippen LogP) is 5.94. The minimum absolute atomic E-state index is 0.776. The Morgan fingerprint density at radius 3 is 2.18 bits per heavy atom. The van der Waals surface area contributed by atoms with Crippen LogP contribution in [0.3, 0.4) is 0 Å². The van der Waals surface area contributed by atoms with E-state index >= 15 is 0 Å². The zero-order valence-corrected chi connectivity index (χ0v) is 19.6. The number of nitrogens with one attached hydrogen (secondary N) is 1. The third kappa shape index (κ3) is 5.96. The van der Waals surface area contributed by atoms with Crippen molar-refractivity contribution in [2.45, 2.75) is 6.92 Å². The van der Waals surface area contributed by atoms with Gasteiger partial charge in [0.25, 0.3) is 0 Å². The lowest BCUT2D eigenvalue weighted by molar-refractivity contribution is 0.414. The van der Waals surface area contributed by atoms with E-state index in [-0.39, 0.29) is 0 Å². The van der Waals surface area contributed by atoms with Crippen LogP contribution in [0.5, 0.6) is 0 Å². The molecule has 3 aromatic carbocycles. The van der Waals surface area contributed by atoms with E-state index in [1.54, 1.807) is 6.33 Å². The van der Waals surface area contributed by atoms with Gasteiger partial charge in [0.05, 0.1) is 5.69 Å². The molecule has 0 fully saturated rings. The zero-order valence-electron chi connectivity index (χ0n) is 19.6. The quantitative estimate of drug-likeness (QED) is 0.351. The summed E-state index contributed by atoms with van der Waals surface area (Å²) >= 11 is 0. The van der Waals surface area contributed by atoms with Crippen molar-refractivity contribution in [2.75, 3.05) is 43.9 Å². The Hall–Kier alpha value is -3.70. The van der Waals surface area contributed by atoms with Gasteiger partial charge < -0.3 is 15.1 Å². The van der Waals surface area contributed by atoms with Crippen molar-refractivity contribution in [1.82, 2.24) is 14.9 Å². The smallest absolute Gasteiger partial charge is 0.134 e. The summed E-state index contributed by atoms with van der Waals surface area (Å²) < 4.78 is 0. The van der Waals surface area contributed by atoms with E-state index in [2.05, 4.69) is 119 Å². The van der Waals surface area contributed by atoms with Gasteiger partial charge in [-0.15, -0.1) is 0 Å². The SMILES string of the molecule is CCN(CCN(C)C)c1ccc(Nc2cc(-c3cccc(-c4ccccc4)c3)ncn2)cc1. The summed E-state index contributed by atoms with van der Waals surface area (Å²) in [4.78, 5) is 13.5. The van der Waals surface area contributed by atoms with Crippen molar-refractivity contribution in [3.63, 3.8) is 0 Å². The highest BCUT2D eigenvalue weighted by molar-refractivity contribution is 5.73. The Morgan fingerprint density at radius 1 is 0.727 bits per heavy atom. The molecular formula is C28H31N5. The predicted molar refractivity (Wildman–Crippen MR) is 139 cm³/mol. The van der Waals surface area contributed by atoms with Gasteiger partial charge in [0.2, 0.25) is 0 Å². The number of aromatic nitrogens is 2. The largest absolute Gasteiger partial charge is 0.371 e. The molecule has 4 aromatic rings. The number of hydrogen-bond donors (Lipinski definition) is 1. The molecule has 0 bridgehead atoms. The van der Waals surface area contributed by atoms with Crippen LogP contribution in [-0.2, 0) is 0 Å². The van der Waals surface area contributed by atoms with Gasteiger partial charge in [0.15, 0.2) is 0 Å². The van der Waals surface area contributed by atoms with E-state index in [4.69, 9.17) is 0 Å². The van der Waals surface area contributed by atoms with Crippen LogP contribution < -0.4 is 10.2 Å². The van der Waals surface area contributed by atoms with Crippen molar-refractivity contribution < 1.29 is 0 Å². The Kier molecular flexibility index (Phi) is 7.33. The fraction of sp³-hybridized carbons (Fsp3) is 0.214. The number of nitrogens with zero attached hydrogens (tertiary/aromatic N) is 4. The van der Waals surface area contributed by atoms with E-state index < -0.39 is 0 Å². The van der Waals surface area contributed by atoms with Gasteiger partial charge >= 0.3 is 0 Å². The molecule has 0 aliphatic carbocycles. The second-order valence-electron chi connectivity index (χ2n) is 8.29. The summed E-state index contributed by atoms with van der Waals surface area (Å²) in [5.74, 6) is 0.776. The first kappa shape index (κ1) is 22.5. The standard InChI is InChI=1S/C28H31N5/c1-4-33(18-17-32(2)3)26-15-13-25(14-16-26)31-28-20-27(29-21-30-28)24-12-8-11-23(19-24)22-9-6-5-7-10-22/h5-16,19-21H,4,17-18H2,1-3H3,(H,29,30,31). The summed E-state index contributed by atoms with van der Waals surface area (Å²) in [6, 6.07) is 29.4. The molecule has 0 saturated heterocycles. The minimum atomic E-state index is 0.776. The molecular weight excluding hydrogens is 406 g/mol. The van der Waals surface area contributed by atoms with Gasteiger partial charge in [-0.25, -0.2) is 9.97 Å². The molecule has 0 saturated carbocycles. The fourth-order valence-electron chi connectivity index (χ4n) is 3.77. The number of likely N-dealkylation sites (N-methyl/N-ethyl adjacent to an activating group) is 2. The monoisotopic (exact) mass is 437 g/mol. The lowest BCUT2D eigenvalue weighted by Gasteiger charge is -2.25. The molecule has 0 radical (unpaired) electrons. The molecule has 0 spiro atoms. The first-order valence-electron chi connectivity index (χ1n) is 11.4. The second-order valence-corrected chi connectivity index (χ2v) is 8.29. The highest BCUT2D eigenvalue weighted by Gasteiger charge is 2.07.